The van der Waals surface area contributed by atoms with E-state index >= 15 is 0 Å². The number of ether oxygens (including phenoxy) is 1. The van der Waals surface area contributed by atoms with E-state index in [4.69, 9.17) is 9.15 Å². The zero-order chi connectivity index (χ0) is 17.8. The highest BCUT2D eigenvalue weighted by Gasteiger charge is 2.08. The Morgan fingerprint density at radius 1 is 1.28 bits per heavy atom. The van der Waals surface area contributed by atoms with Crippen molar-refractivity contribution in [3.63, 3.8) is 0 Å². The lowest BCUT2D eigenvalue weighted by atomic mass is 10.2. The SMILES string of the molecule is Cn1nccc1C(=O)/C=C/c1ccc(COc2ccc(F)cc2F)o1. The molecule has 0 amide bonds. The first-order valence-corrected chi connectivity index (χ1v) is 7.40. The quantitative estimate of drug-likeness (QED) is 0.505. The molecule has 0 atom stereocenters. The van der Waals surface area contributed by atoms with Crippen LogP contribution in [0.2, 0.25) is 0 Å². The van der Waals surface area contributed by atoms with Gasteiger partial charge in [0.05, 0.1) is 0 Å². The second-order valence-corrected chi connectivity index (χ2v) is 5.21. The molecule has 2 aromatic heterocycles. The summed E-state index contributed by atoms with van der Waals surface area (Å²) in [6, 6.07) is 7.99. The summed E-state index contributed by atoms with van der Waals surface area (Å²) < 4.78 is 38.5. The predicted octanol–water partition coefficient (Wildman–Crippen LogP) is 3.77. The van der Waals surface area contributed by atoms with Crippen molar-refractivity contribution < 1.29 is 22.7 Å². The van der Waals surface area contributed by atoms with Crippen LogP contribution in [0, 0.1) is 11.6 Å². The lowest BCUT2D eigenvalue weighted by Crippen LogP contribution is -2.03. The third kappa shape index (κ3) is 4.00. The fourth-order valence-electron chi connectivity index (χ4n) is 2.16. The topological polar surface area (TPSA) is 57.3 Å². The van der Waals surface area contributed by atoms with Crippen LogP contribution in [-0.4, -0.2) is 15.6 Å². The van der Waals surface area contributed by atoms with E-state index in [1.54, 1.807) is 25.2 Å². The van der Waals surface area contributed by atoms with Crippen molar-refractivity contribution in [2.75, 3.05) is 0 Å². The van der Waals surface area contributed by atoms with E-state index in [2.05, 4.69) is 5.10 Å². The van der Waals surface area contributed by atoms with Gasteiger partial charge in [-0.2, -0.15) is 5.10 Å². The van der Waals surface area contributed by atoms with Gasteiger partial charge in [-0.1, -0.05) is 0 Å². The van der Waals surface area contributed by atoms with Gasteiger partial charge in [0.1, 0.15) is 29.6 Å². The van der Waals surface area contributed by atoms with Gasteiger partial charge in [0, 0.05) is 19.3 Å². The molecule has 25 heavy (non-hydrogen) atoms. The van der Waals surface area contributed by atoms with E-state index < -0.39 is 11.6 Å². The Labute approximate surface area is 142 Å². The Kier molecular flexibility index (Phi) is 4.74. The summed E-state index contributed by atoms with van der Waals surface area (Å²) in [5, 5.41) is 3.93. The summed E-state index contributed by atoms with van der Waals surface area (Å²) in [6.45, 7) is -0.0218. The van der Waals surface area contributed by atoms with Crippen LogP contribution in [0.3, 0.4) is 0 Å². The highest BCUT2D eigenvalue weighted by Crippen LogP contribution is 2.20. The van der Waals surface area contributed by atoms with E-state index in [1.165, 1.54) is 29.1 Å². The van der Waals surface area contributed by atoms with Gasteiger partial charge in [-0.25, -0.2) is 8.78 Å². The highest BCUT2D eigenvalue weighted by atomic mass is 19.1. The normalized spacial score (nSPS) is 11.2. The van der Waals surface area contributed by atoms with E-state index in [0.717, 1.165) is 12.1 Å². The molecule has 0 N–H and O–H groups in total. The van der Waals surface area contributed by atoms with Crippen molar-refractivity contribution >= 4 is 11.9 Å². The largest absolute Gasteiger partial charge is 0.483 e. The van der Waals surface area contributed by atoms with Crippen molar-refractivity contribution in [1.29, 1.82) is 0 Å². The molecule has 0 aliphatic heterocycles. The number of hydrogen-bond donors (Lipinski definition) is 0. The van der Waals surface area contributed by atoms with E-state index in [0.29, 0.717) is 17.2 Å². The first kappa shape index (κ1) is 16.6. The fraction of sp³-hybridized carbons (Fsp3) is 0.111. The minimum Gasteiger partial charge on any atom is -0.483 e. The average Bonchev–Trinajstić information content (AvgIpc) is 3.21. The molecule has 0 spiro atoms. The van der Waals surface area contributed by atoms with Gasteiger partial charge in [0.2, 0.25) is 5.78 Å². The van der Waals surface area contributed by atoms with Gasteiger partial charge in [-0.3, -0.25) is 9.48 Å². The molecule has 0 bridgehead atoms. The third-order valence-corrected chi connectivity index (χ3v) is 3.42. The number of carbonyl (C=O) groups is 1. The van der Waals surface area contributed by atoms with Crippen molar-refractivity contribution in [2.45, 2.75) is 6.61 Å². The predicted molar refractivity (Wildman–Crippen MR) is 86.0 cm³/mol. The smallest absolute Gasteiger partial charge is 0.203 e. The van der Waals surface area contributed by atoms with Gasteiger partial charge in [-0.05, 0) is 42.5 Å². The second-order valence-electron chi connectivity index (χ2n) is 5.21. The number of ketones is 1. The van der Waals surface area contributed by atoms with Crippen LogP contribution in [0.1, 0.15) is 22.0 Å². The number of aryl methyl sites for hydroxylation is 1. The first-order valence-electron chi connectivity index (χ1n) is 7.40. The average molecular weight is 344 g/mol. The number of carbonyl (C=O) groups excluding carboxylic acids is 1. The van der Waals surface area contributed by atoms with Crippen molar-refractivity contribution in [2.24, 2.45) is 7.05 Å². The second kappa shape index (κ2) is 7.12. The monoisotopic (exact) mass is 344 g/mol. The maximum Gasteiger partial charge on any atom is 0.203 e. The number of hydrogen-bond acceptors (Lipinski definition) is 4. The molecule has 3 aromatic rings. The van der Waals surface area contributed by atoms with Crippen molar-refractivity contribution in [3.8, 4) is 5.75 Å². The molecule has 0 aliphatic rings. The number of benzene rings is 1. The Morgan fingerprint density at radius 3 is 2.84 bits per heavy atom. The summed E-state index contributed by atoms with van der Waals surface area (Å²) in [5.74, 6) is -0.837. The zero-order valence-electron chi connectivity index (χ0n) is 13.3. The molecule has 0 fully saturated rings. The standard InChI is InChI=1S/C18H14F2N2O3/c1-22-16(8-9-21-22)17(23)6-5-13-3-4-14(25-13)11-24-18-7-2-12(19)10-15(18)20/h2-10H,11H2,1H3/b6-5+. The molecule has 2 heterocycles. The third-order valence-electron chi connectivity index (χ3n) is 3.42. The number of nitrogens with zero attached hydrogens (tertiary/aromatic N) is 2. The minimum atomic E-state index is -0.784. The summed E-state index contributed by atoms with van der Waals surface area (Å²) in [6.07, 6.45) is 4.44. The van der Waals surface area contributed by atoms with Gasteiger partial charge in [0.15, 0.2) is 11.6 Å². The summed E-state index contributed by atoms with van der Waals surface area (Å²) >= 11 is 0. The molecule has 0 saturated heterocycles. The van der Waals surface area contributed by atoms with Crippen molar-refractivity contribution in [3.05, 3.63) is 77.5 Å². The van der Waals surface area contributed by atoms with Crippen LogP contribution in [0.4, 0.5) is 8.78 Å². The van der Waals surface area contributed by atoms with Gasteiger partial charge in [-0.15, -0.1) is 0 Å². The maximum atomic E-state index is 13.5. The number of rotatable bonds is 6. The number of aromatic nitrogens is 2. The van der Waals surface area contributed by atoms with Crippen LogP contribution in [0.15, 0.2) is 53.1 Å². The molecule has 0 radical (unpaired) electrons. The maximum absolute atomic E-state index is 13.5. The number of allylic oxidation sites excluding steroid dienone is 1. The molecule has 1 aromatic carbocycles. The van der Waals surface area contributed by atoms with Crippen molar-refractivity contribution in [1.82, 2.24) is 9.78 Å². The lowest BCUT2D eigenvalue weighted by Gasteiger charge is -2.05. The molecule has 128 valence electrons. The van der Waals surface area contributed by atoms with E-state index in [9.17, 15) is 13.6 Å². The van der Waals surface area contributed by atoms with E-state index in [1.807, 2.05) is 0 Å². The molecule has 0 saturated carbocycles. The zero-order valence-corrected chi connectivity index (χ0v) is 13.3. The first-order chi connectivity index (χ1) is 12.0. The summed E-state index contributed by atoms with van der Waals surface area (Å²) in [7, 11) is 1.68. The van der Waals surface area contributed by atoms with Gasteiger partial charge in [0.25, 0.3) is 0 Å². The van der Waals surface area contributed by atoms with Crippen LogP contribution >= 0.6 is 0 Å². The lowest BCUT2D eigenvalue weighted by molar-refractivity contribution is 0.103. The highest BCUT2D eigenvalue weighted by molar-refractivity contribution is 6.05. The molecule has 0 aliphatic carbocycles. The van der Waals surface area contributed by atoms with Crippen LogP contribution < -0.4 is 4.74 Å². The van der Waals surface area contributed by atoms with Gasteiger partial charge < -0.3 is 9.15 Å². The van der Waals surface area contributed by atoms with Crippen LogP contribution in [0.5, 0.6) is 5.75 Å². The Hall–Kier alpha value is -3.22. The Balaban J connectivity index is 1.61. The molecule has 7 heteroatoms. The molecular formula is C18H14F2N2O3. The molecule has 5 nitrogen and oxygen atoms in total. The Bertz CT molecular complexity index is 928. The molecule has 3 rings (SSSR count). The summed E-state index contributed by atoms with van der Waals surface area (Å²) in [4.78, 5) is 12.0. The summed E-state index contributed by atoms with van der Waals surface area (Å²) in [5.41, 5.74) is 0.457. The minimum absolute atomic E-state index is 0.0218. The molecular weight excluding hydrogens is 330 g/mol. The molecule has 0 unspecified atom stereocenters. The fourth-order valence-corrected chi connectivity index (χ4v) is 2.16. The van der Waals surface area contributed by atoms with Crippen LogP contribution in [0.25, 0.3) is 6.08 Å². The van der Waals surface area contributed by atoms with Gasteiger partial charge >= 0.3 is 0 Å². The number of furan rings is 1. The van der Waals surface area contributed by atoms with E-state index in [-0.39, 0.29) is 18.1 Å². The van der Waals surface area contributed by atoms with Crippen LogP contribution in [-0.2, 0) is 13.7 Å². The number of halogens is 2. The Morgan fingerprint density at radius 2 is 2.12 bits per heavy atom.